The van der Waals surface area contributed by atoms with Crippen LogP contribution in [-0.2, 0) is 4.79 Å². The lowest BCUT2D eigenvalue weighted by atomic mass is 10.1. The summed E-state index contributed by atoms with van der Waals surface area (Å²) in [4.78, 5) is 16.1. The van der Waals surface area contributed by atoms with Gasteiger partial charge in [-0.15, -0.1) is 0 Å². The molecule has 2 rings (SSSR count). The average molecular weight is 313 g/mol. The zero-order valence-electron chi connectivity index (χ0n) is 14.0. The lowest BCUT2D eigenvalue weighted by molar-refractivity contribution is -0.118. The molecular formula is C18H23N3O2. The number of nitrogens with zero attached hydrogens (tertiary/aromatic N) is 1. The fraction of sp³-hybridized carbons (Fsp3) is 0.333. The standard InChI is InChI=1S/C18H23N3O2/c1-11(2)17(19)18(22)21-14-6-8-16(20-10-14)23-15-7-5-12(3)13(4)9-15/h5-11,17H,19H2,1-4H3,(H,21,22)/t17-/m0/s1. The molecule has 1 atom stereocenters. The Hall–Kier alpha value is -2.40. The van der Waals surface area contributed by atoms with Crippen molar-refractivity contribution in [3.05, 3.63) is 47.7 Å². The van der Waals surface area contributed by atoms with Crippen LogP contribution < -0.4 is 15.8 Å². The van der Waals surface area contributed by atoms with Crippen molar-refractivity contribution in [1.82, 2.24) is 4.98 Å². The van der Waals surface area contributed by atoms with Gasteiger partial charge in [0.25, 0.3) is 0 Å². The molecule has 1 amide bonds. The molecule has 0 fully saturated rings. The van der Waals surface area contributed by atoms with Gasteiger partial charge in [0.05, 0.1) is 17.9 Å². The van der Waals surface area contributed by atoms with Crippen LogP contribution >= 0.6 is 0 Å². The van der Waals surface area contributed by atoms with Crippen LogP contribution in [0.5, 0.6) is 11.6 Å². The zero-order valence-corrected chi connectivity index (χ0v) is 14.0. The third-order valence-corrected chi connectivity index (χ3v) is 3.73. The van der Waals surface area contributed by atoms with Crippen molar-refractivity contribution in [3.8, 4) is 11.6 Å². The Balaban J connectivity index is 2.02. The Morgan fingerprint density at radius 2 is 1.91 bits per heavy atom. The SMILES string of the molecule is Cc1ccc(Oc2ccc(NC(=O)[C@@H](N)C(C)C)cn2)cc1C. The summed E-state index contributed by atoms with van der Waals surface area (Å²) in [7, 11) is 0. The van der Waals surface area contributed by atoms with Gasteiger partial charge in [0.15, 0.2) is 0 Å². The van der Waals surface area contributed by atoms with E-state index in [0.717, 1.165) is 11.3 Å². The Kier molecular flexibility index (Phi) is 5.34. The summed E-state index contributed by atoms with van der Waals surface area (Å²) in [6.07, 6.45) is 1.56. The first kappa shape index (κ1) is 17.0. The molecule has 1 aromatic heterocycles. The number of carbonyl (C=O) groups excluding carboxylic acids is 1. The first-order chi connectivity index (χ1) is 10.9. The number of ether oxygens (including phenoxy) is 1. The molecule has 5 nitrogen and oxygen atoms in total. The number of pyridine rings is 1. The first-order valence-corrected chi connectivity index (χ1v) is 7.64. The van der Waals surface area contributed by atoms with E-state index in [9.17, 15) is 4.79 Å². The summed E-state index contributed by atoms with van der Waals surface area (Å²) >= 11 is 0. The number of benzene rings is 1. The second-order valence-corrected chi connectivity index (χ2v) is 5.99. The van der Waals surface area contributed by atoms with E-state index >= 15 is 0 Å². The van der Waals surface area contributed by atoms with Gasteiger partial charge in [-0.25, -0.2) is 4.98 Å². The molecule has 1 heterocycles. The third kappa shape index (κ3) is 4.53. The minimum Gasteiger partial charge on any atom is -0.439 e. The van der Waals surface area contributed by atoms with Crippen molar-refractivity contribution < 1.29 is 9.53 Å². The van der Waals surface area contributed by atoms with E-state index in [-0.39, 0.29) is 11.8 Å². The maximum atomic E-state index is 11.9. The molecule has 0 aliphatic heterocycles. The number of carbonyl (C=O) groups is 1. The molecule has 122 valence electrons. The zero-order chi connectivity index (χ0) is 17.0. The van der Waals surface area contributed by atoms with E-state index in [1.54, 1.807) is 18.3 Å². The number of nitrogens with two attached hydrogens (primary N) is 1. The predicted molar refractivity (Wildman–Crippen MR) is 91.7 cm³/mol. The largest absolute Gasteiger partial charge is 0.439 e. The van der Waals surface area contributed by atoms with Crippen molar-refractivity contribution in [2.24, 2.45) is 11.7 Å². The Morgan fingerprint density at radius 1 is 1.17 bits per heavy atom. The van der Waals surface area contributed by atoms with Crippen LogP contribution in [0, 0.1) is 19.8 Å². The highest BCUT2D eigenvalue weighted by atomic mass is 16.5. The van der Waals surface area contributed by atoms with E-state index in [4.69, 9.17) is 10.5 Å². The van der Waals surface area contributed by atoms with Gasteiger partial charge in [-0.2, -0.15) is 0 Å². The van der Waals surface area contributed by atoms with Gasteiger partial charge >= 0.3 is 0 Å². The van der Waals surface area contributed by atoms with E-state index in [1.807, 2.05) is 39.0 Å². The van der Waals surface area contributed by atoms with Gasteiger partial charge in [0.1, 0.15) is 5.75 Å². The van der Waals surface area contributed by atoms with E-state index in [2.05, 4.69) is 17.2 Å². The molecule has 0 saturated carbocycles. The summed E-state index contributed by atoms with van der Waals surface area (Å²) in [5, 5.41) is 2.75. The second-order valence-electron chi connectivity index (χ2n) is 5.99. The number of anilines is 1. The van der Waals surface area contributed by atoms with Crippen LogP contribution in [0.25, 0.3) is 0 Å². The molecule has 2 aromatic rings. The third-order valence-electron chi connectivity index (χ3n) is 3.73. The molecule has 0 bridgehead atoms. The molecule has 23 heavy (non-hydrogen) atoms. The molecule has 3 N–H and O–H groups in total. The minimum absolute atomic E-state index is 0.0790. The highest BCUT2D eigenvalue weighted by Crippen LogP contribution is 2.23. The Morgan fingerprint density at radius 3 is 2.48 bits per heavy atom. The van der Waals surface area contributed by atoms with Gasteiger partial charge in [-0.05, 0) is 49.1 Å². The summed E-state index contributed by atoms with van der Waals surface area (Å²) in [6.45, 7) is 7.90. The topological polar surface area (TPSA) is 77.2 Å². The van der Waals surface area contributed by atoms with Gasteiger partial charge < -0.3 is 15.8 Å². The van der Waals surface area contributed by atoms with Gasteiger partial charge in [-0.1, -0.05) is 19.9 Å². The number of nitrogens with one attached hydrogen (secondary N) is 1. The van der Waals surface area contributed by atoms with Crippen LogP contribution in [0.3, 0.4) is 0 Å². The molecule has 0 aliphatic rings. The highest BCUT2D eigenvalue weighted by molar-refractivity contribution is 5.94. The second kappa shape index (κ2) is 7.24. The normalized spacial score (nSPS) is 12.1. The van der Waals surface area contributed by atoms with Crippen LogP contribution in [-0.4, -0.2) is 16.9 Å². The van der Waals surface area contributed by atoms with Crippen molar-refractivity contribution in [2.45, 2.75) is 33.7 Å². The number of aromatic nitrogens is 1. The Bertz CT molecular complexity index is 681. The fourth-order valence-electron chi connectivity index (χ4n) is 1.94. The molecule has 0 unspecified atom stereocenters. The fourth-order valence-corrected chi connectivity index (χ4v) is 1.94. The van der Waals surface area contributed by atoms with Crippen LogP contribution in [0.4, 0.5) is 5.69 Å². The number of aryl methyl sites for hydroxylation is 2. The number of rotatable bonds is 5. The lowest BCUT2D eigenvalue weighted by Gasteiger charge is -2.15. The maximum absolute atomic E-state index is 11.9. The summed E-state index contributed by atoms with van der Waals surface area (Å²) in [6, 6.07) is 8.80. The number of hydrogen-bond donors (Lipinski definition) is 2. The van der Waals surface area contributed by atoms with Gasteiger partial charge in [0, 0.05) is 6.07 Å². The maximum Gasteiger partial charge on any atom is 0.241 e. The van der Waals surface area contributed by atoms with E-state index in [0.29, 0.717) is 11.6 Å². The molecule has 0 aliphatic carbocycles. The molecular weight excluding hydrogens is 290 g/mol. The van der Waals surface area contributed by atoms with Crippen LogP contribution in [0.1, 0.15) is 25.0 Å². The van der Waals surface area contributed by atoms with Crippen molar-refractivity contribution in [3.63, 3.8) is 0 Å². The van der Waals surface area contributed by atoms with Crippen LogP contribution in [0.15, 0.2) is 36.5 Å². The molecule has 0 spiro atoms. The highest BCUT2D eigenvalue weighted by Gasteiger charge is 2.17. The van der Waals surface area contributed by atoms with Gasteiger partial charge in [0.2, 0.25) is 11.8 Å². The summed E-state index contributed by atoms with van der Waals surface area (Å²) < 4.78 is 5.71. The first-order valence-electron chi connectivity index (χ1n) is 7.64. The number of amides is 1. The van der Waals surface area contributed by atoms with Crippen molar-refractivity contribution >= 4 is 11.6 Å². The van der Waals surface area contributed by atoms with Crippen molar-refractivity contribution in [1.29, 1.82) is 0 Å². The molecule has 0 saturated heterocycles. The smallest absolute Gasteiger partial charge is 0.241 e. The van der Waals surface area contributed by atoms with Crippen molar-refractivity contribution in [2.75, 3.05) is 5.32 Å². The molecule has 0 radical (unpaired) electrons. The minimum atomic E-state index is -0.540. The molecule has 1 aromatic carbocycles. The average Bonchev–Trinajstić information content (AvgIpc) is 2.52. The van der Waals surface area contributed by atoms with E-state index in [1.165, 1.54) is 5.56 Å². The van der Waals surface area contributed by atoms with Crippen LogP contribution in [0.2, 0.25) is 0 Å². The molecule has 5 heteroatoms. The number of hydrogen-bond acceptors (Lipinski definition) is 4. The summed E-state index contributed by atoms with van der Waals surface area (Å²) in [5.74, 6) is 1.07. The Labute approximate surface area is 136 Å². The van der Waals surface area contributed by atoms with Gasteiger partial charge in [-0.3, -0.25) is 4.79 Å². The lowest BCUT2D eigenvalue weighted by Crippen LogP contribution is -2.39. The quantitative estimate of drug-likeness (QED) is 0.886. The van der Waals surface area contributed by atoms with E-state index < -0.39 is 6.04 Å². The summed E-state index contributed by atoms with van der Waals surface area (Å²) in [5.41, 5.74) is 8.78. The monoisotopic (exact) mass is 313 g/mol. The predicted octanol–water partition coefficient (Wildman–Crippen LogP) is 3.41.